The first kappa shape index (κ1) is 14.2. The first-order valence-electron chi connectivity index (χ1n) is 6.86. The van der Waals surface area contributed by atoms with Crippen molar-refractivity contribution in [2.24, 2.45) is 0 Å². The van der Waals surface area contributed by atoms with Gasteiger partial charge < -0.3 is 0 Å². The number of hydrogen-bond acceptors (Lipinski definition) is 1. The van der Waals surface area contributed by atoms with Crippen molar-refractivity contribution in [3.05, 3.63) is 69.7 Å². The normalized spacial score (nSPS) is 14.8. The molecule has 0 bridgehead atoms. The summed E-state index contributed by atoms with van der Waals surface area (Å²) in [6.07, 6.45) is 3.20. The van der Waals surface area contributed by atoms with E-state index in [9.17, 15) is 13.6 Å². The summed E-state index contributed by atoms with van der Waals surface area (Å²) in [5.41, 5.74) is 1.09. The van der Waals surface area contributed by atoms with Gasteiger partial charge in [0.1, 0.15) is 11.6 Å². The fraction of sp³-hybridized carbons (Fsp3) is 0.235. The van der Waals surface area contributed by atoms with Gasteiger partial charge in [0, 0.05) is 5.56 Å². The molecule has 0 amide bonds. The van der Waals surface area contributed by atoms with Gasteiger partial charge in [0.2, 0.25) is 0 Å². The highest BCUT2D eigenvalue weighted by molar-refractivity contribution is 6.31. The smallest absolute Gasteiger partial charge is 0.196 e. The van der Waals surface area contributed by atoms with E-state index in [0.717, 1.165) is 37.0 Å². The molecule has 1 saturated carbocycles. The van der Waals surface area contributed by atoms with Crippen molar-refractivity contribution in [2.45, 2.75) is 25.2 Å². The van der Waals surface area contributed by atoms with Crippen LogP contribution in [0.3, 0.4) is 0 Å². The Bertz CT molecular complexity index is 708. The Labute approximate surface area is 126 Å². The molecular weight excluding hydrogens is 294 g/mol. The molecule has 3 rings (SSSR count). The van der Waals surface area contributed by atoms with E-state index >= 15 is 0 Å². The first-order chi connectivity index (χ1) is 10.1. The van der Waals surface area contributed by atoms with E-state index in [0.29, 0.717) is 11.5 Å². The fourth-order valence-electron chi connectivity index (χ4n) is 2.62. The third-order valence-corrected chi connectivity index (χ3v) is 4.29. The summed E-state index contributed by atoms with van der Waals surface area (Å²) >= 11 is 5.52. The number of carbonyl (C=O) groups is 1. The predicted octanol–water partition coefficient (Wildman–Crippen LogP) is 5.12. The van der Waals surface area contributed by atoms with Gasteiger partial charge in [-0.2, -0.15) is 0 Å². The minimum atomic E-state index is -0.796. The molecule has 1 nitrogen and oxygen atoms in total. The summed E-state index contributed by atoms with van der Waals surface area (Å²) < 4.78 is 27.4. The number of hydrogen-bond donors (Lipinski definition) is 0. The third kappa shape index (κ3) is 2.58. The van der Waals surface area contributed by atoms with E-state index in [1.54, 1.807) is 12.1 Å². The zero-order valence-corrected chi connectivity index (χ0v) is 12.0. The molecule has 1 fully saturated rings. The minimum Gasteiger partial charge on any atom is -0.288 e. The standard InChI is InChI=1S/C17H13ClF2O/c18-14-9-15(19)13(8-16(14)20)17(21)12-7-2-1-6-11(12)10-4-3-5-10/h1-2,6-10H,3-5H2. The molecule has 2 aromatic rings. The first-order valence-corrected chi connectivity index (χ1v) is 7.24. The average molecular weight is 307 g/mol. The Morgan fingerprint density at radius 1 is 1.05 bits per heavy atom. The fourth-order valence-corrected chi connectivity index (χ4v) is 2.77. The molecule has 0 aliphatic heterocycles. The lowest BCUT2D eigenvalue weighted by atomic mass is 9.77. The van der Waals surface area contributed by atoms with Gasteiger partial charge in [0.05, 0.1) is 10.6 Å². The van der Waals surface area contributed by atoms with Crippen LogP contribution in [0.2, 0.25) is 5.02 Å². The van der Waals surface area contributed by atoms with Crippen LogP contribution < -0.4 is 0 Å². The van der Waals surface area contributed by atoms with Crippen LogP contribution in [0.5, 0.6) is 0 Å². The van der Waals surface area contributed by atoms with E-state index in [-0.39, 0.29) is 10.6 Å². The van der Waals surface area contributed by atoms with Crippen LogP contribution in [0.4, 0.5) is 8.78 Å². The van der Waals surface area contributed by atoms with Gasteiger partial charge in [-0.3, -0.25) is 4.79 Å². The van der Waals surface area contributed by atoms with Gasteiger partial charge in [-0.05, 0) is 36.5 Å². The minimum absolute atomic E-state index is 0.274. The van der Waals surface area contributed by atoms with Gasteiger partial charge in [0.15, 0.2) is 5.78 Å². The van der Waals surface area contributed by atoms with Crippen LogP contribution in [0.15, 0.2) is 36.4 Å². The molecule has 0 aromatic heterocycles. The number of rotatable bonds is 3. The Morgan fingerprint density at radius 3 is 2.43 bits per heavy atom. The highest BCUT2D eigenvalue weighted by Gasteiger charge is 2.26. The molecule has 1 aliphatic carbocycles. The second-order valence-corrected chi connectivity index (χ2v) is 5.70. The Balaban J connectivity index is 2.05. The molecular formula is C17H13ClF2O. The molecule has 2 aromatic carbocycles. The largest absolute Gasteiger partial charge is 0.288 e. The molecule has 0 unspecified atom stereocenters. The second kappa shape index (κ2) is 5.57. The maximum Gasteiger partial charge on any atom is 0.196 e. The summed E-state index contributed by atoms with van der Waals surface area (Å²) in [7, 11) is 0. The summed E-state index contributed by atoms with van der Waals surface area (Å²) in [5.74, 6) is -1.74. The SMILES string of the molecule is O=C(c1cc(F)c(Cl)cc1F)c1ccccc1C1CCC1. The van der Waals surface area contributed by atoms with Crippen molar-refractivity contribution < 1.29 is 13.6 Å². The average Bonchev–Trinajstić information content (AvgIpc) is 2.41. The van der Waals surface area contributed by atoms with Crippen molar-refractivity contribution in [3.63, 3.8) is 0 Å². The molecule has 108 valence electrons. The number of benzene rings is 2. The maximum atomic E-state index is 13.9. The molecule has 0 radical (unpaired) electrons. The van der Waals surface area contributed by atoms with Crippen molar-refractivity contribution >= 4 is 17.4 Å². The number of ketones is 1. The van der Waals surface area contributed by atoms with E-state index in [4.69, 9.17) is 11.6 Å². The molecule has 0 heterocycles. The van der Waals surface area contributed by atoms with E-state index in [1.807, 2.05) is 12.1 Å². The van der Waals surface area contributed by atoms with Crippen molar-refractivity contribution in [2.75, 3.05) is 0 Å². The van der Waals surface area contributed by atoms with Gasteiger partial charge in [-0.25, -0.2) is 8.78 Å². The molecule has 0 N–H and O–H groups in total. The van der Waals surface area contributed by atoms with Gasteiger partial charge in [-0.1, -0.05) is 42.3 Å². The highest BCUT2D eigenvalue weighted by Crippen LogP contribution is 2.38. The predicted molar refractivity (Wildman–Crippen MR) is 77.8 cm³/mol. The van der Waals surface area contributed by atoms with Gasteiger partial charge in [-0.15, -0.1) is 0 Å². The van der Waals surface area contributed by atoms with Gasteiger partial charge in [0.25, 0.3) is 0 Å². The lowest BCUT2D eigenvalue weighted by Crippen LogP contribution is -2.15. The van der Waals surface area contributed by atoms with Gasteiger partial charge >= 0.3 is 0 Å². The van der Waals surface area contributed by atoms with Crippen LogP contribution in [0.25, 0.3) is 0 Å². The summed E-state index contributed by atoms with van der Waals surface area (Å²) in [4.78, 5) is 12.5. The monoisotopic (exact) mass is 306 g/mol. The third-order valence-electron chi connectivity index (χ3n) is 4.01. The second-order valence-electron chi connectivity index (χ2n) is 5.29. The van der Waals surface area contributed by atoms with Crippen LogP contribution in [-0.2, 0) is 0 Å². The number of halogens is 3. The zero-order chi connectivity index (χ0) is 15.0. The summed E-state index contributed by atoms with van der Waals surface area (Å²) in [6.45, 7) is 0. The Hall–Kier alpha value is -1.74. The van der Waals surface area contributed by atoms with Crippen LogP contribution >= 0.6 is 11.6 Å². The van der Waals surface area contributed by atoms with Crippen molar-refractivity contribution in [1.29, 1.82) is 0 Å². The van der Waals surface area contributed by atoms with Crippen LogP contribution in [0.1, 0.15) is 46.7 Å². The Kier molecular flexibility index (Phi) is 3.77. The Morgan fingerprint density at radius 2 is 1.76 bits per heavy atom. The van der Waals surface area contributed by atoms with Crippen LogP contribution in [0, 0.1) is 11.6 Å². The summed E-state index contributed by atoms with van der Waals surface area (Å²) in [6, 6.07) is 8.87. The summed E-state index contributed by atoms with van der Waals surface area (Å²) in [5, 5.41) is -0.323. The van der Waals surface area contributed by atoms with Crippen LogP contribution in [-0.4, -0.2) is 5.78 Å². The van der Waals surface area contributed by atoms with E-state index < -0.39 is 17.4 Å². The maximum absolute atomic E-state index is 13.9. The lowest BCUT2D eigenvalue weighted by Gasteiger charge is -2.27. The van der Waals surface area contributed by atoms with Crippen molar-refractivity contribution in [3.8, 4) is 0 Å². The van der Waals surface area contributed by atoms with E-state index in [1.165, 1.54) is 0 Å². The molecule has 1 aliphatic rings. The quantitative estimate of drug-likeness (QED) is 0.568. The molecule has 0 atom stereocenters. The van der Waals surface area contributed by atoms with Crippen molar-refractivity contribution in [1.82, 2.24) is 0 Å². The lowest BCUT2D eigenvalue weighted by molar-refractivity contribution is 0.103. The molecule has 4 heteroatoms. The highest BCUT2D eigenvalue weighted by atomic mass is 35.5. The zero-order valence-electron chi connectivity index (χ0n) is 11.2. The topological polar surface area (TPSA) is 17.1 Å². The molecule has 21 heavy (non-hydrogen) atoms. The van der Waals surface area contributed by atoms with E-state index in [2.05, 4.69) is 0 Å². The molecule has 0 saturated heterocycles. The number of carbonyl (C=O) groups excluding carboxylic acids is 1. The molecule has 0 spiro atoms.